The summed E-state index contributed by atoms with van der Waals surface area (Å²) in [6.07, 6.45) is 0.904. The maximum absolute atomic E-state index is 12.3. The SMILES string of the molecule is CCc1sc(C(=O)N2CSC[C@H]2C(=O)O)cc1C. The molecule has 6 heteroatoms. The van der Waals surface area contributed by atoms with Gasteiger partial charge in [-0.15, -0.1) is 23.1 Å². The normalized spacial score (nSPS) is 19.2. The van der Waals surface area contributed by atoms with Crippen LogP contribution in [0.3, 0.4) is 0 Å². The summed E-state index contributed by atoms with van der Waals surface area (Å²) in [7, 11) is 0. The first-order valence-electron chi connectivity index (χ1n) is 5.75. The highest BCUT2D eigenvalue weighted by Crippen LogP contribution is 2.28. The number of aliphatic carboxylic acids is 1. The average molecular weight is 285 g/mol. The molecule has 0 bridgehead atoms. The summed E-state index contributed by atoms with van der Waals surface area (Å²) in [6.45, 7) is 4.04. The van der Waals surface area contributed by atoms with Gasteiger partial charge in [0.05, 0.1) is 10.8 Å². The van der Waals surface area contributed by atoms with Crippen molar-refractivity contribution in [3.63, 3.8) is 0 Å². The first-order chi connectivity index (χ1) is 8.54. The number of hydrogen-bond donors (Lipinski definition) is 1. The minimum atomic E-state index is -0.919. The number of carbonyl (C=O) groups excluding carboxylic acids is 1. The summed E-state index contributed by atoms with van der Waals surface area (Å²) >= 11 is 2.96. The maximum Gasteiger partial charge on any atom is 0.327 e. The molecular weight excluding hydrogens is 270 g/mol. The third-order valence-corrected chi connectivity index (χ3v) is 5.36. The Balaban J connectivity index is 2.22. The van der Waals surface area contributed by atoms with Gasteiger partial charge in [0.1, 0.15) is 6.04 Å². The monoisotopic (exact) mass is 285 g/mol. The van der Waals surface area contributed by atoms with Crippen LogP contribution in [0, 0.1) is 6.92 Å². The lowest BCUT2D eigenvalue weighted by Crippen LogP contribution is -2.41. The predicted molar refractivity (Wildman–Crippen MR) is 73.4 cm³/mol. The first kappa shape index (κ1) is 13.4. The number of rotatable bonds is 3. The van der Waals surface area contributed by atoms with Gasteiger partial charge in [-0.25, -0.2) is 4.79 Å². The number of aryl methyl sites for hydroxylation is 2. The number of hydrogen-bond acceptors (Lipinski definition) is 4. The largest absolute Gasteiger partial charge is 0.480 e. The molecule has 0 saturated carbocycles. The minimum absolute atomic E-state index is 0.153. The molecule has 98 valence electrons. The van der Waals surface area contributed by atoms with E-state index in [4.69, 9.17) is 5.11 Å². The highest BCUT2D eigenvalue weighted by Gasteiger charge is 2.35. The Labute approximate surface area is 114 Å². The molecule has 1 aromatic rings. The number of thioether (sulfide) groups is 1. The Kier molecular flexibility index (Phi) is 3.97. The molecule has 0 aromatic carbocycles. The van der Waals surface area contributed by atoms with E-state index in [1.165, 1.54) is 32.9 Å². The fraction of sp³-hybridized carbons (Fsp3) is 0.500. The smallest absolute Gasteiger partial charge is 0.327 e. The maximum atomic E-state index is 12.3. The van der Waals surface area contributed by atoms with Crippen LogP contribution in [0.25, 0.3) is 0 Å². The van der Waals surface area contributed by atoms with E-state index in [2.05, 4.69) is 6.92 Å². The first-order valence-corrected chi connectivity index (χ1v) is 7.72. The molecule has 2 rings (SSSR count). The Morgan fingerprint density at radius 1 is 1.56 bits per heavy atom. The summed E-state index contributed by atoms with van der Waals surface area (Å²) in [5, 5.41) is 9.08. The molecule has 1 saturated heterocycles. The molecule has 18 heavy (non-hydrogen) atoms. The quantitative estimate of drug-likeness (QED) is 0.925. The second kappa shape index (κ2) is 5.32. The topological polar surface area (TPSA) is 57.6 Å². The van der Waals surface area contributed by atoms with E-state index in [0.29, 0.717) is 16.5 Å². The van der Waals surface area contributed by atoms with E-state index in [1.807, 2.05) is 13.0 Å². The van der Waals surface area contributed by atoms with Crippen LogP contribution < -0.4 is 0 Å². The van der Waals surface area contributed by atoms with Crippen molar-refractivity contribution in [2.24, 2.45) is 0 Å². The lowest BCUT2D eigenvalue weighted by atomic mass is 10.2. The van der Waals surface area contributed by atoms with Crippen molar-refractivity contribution in [1.29, 1.82) is 0 Å². The van der Waals surface area contributed by atoms with Gasteiger partial charge in [0, 0.05) is 10.6 Å². The fourth-order valence-electron chi connectivity index (χ4n) is 1.97. The minimum Gasteiger partial charge on any atom is -0.480 e. The second-order valence-electron chi connectivity index (χ2n) is 4.20. The van der Waals surface area contributed by atoms with E-state index in [1.54, 1.807) is 0 Å². The van der Waals surface area contributed by atoms with Crippen molar-refractivity contribution >= 4 is 35.0 Å². The van der Waals surface area contributed by atoms with Crippen LogP contribution in [0.2, 0.25) is 0 Å². The molecule has 0 radical (unpaired) electrons. The Bertz CT molecular complexity index is 484. The Morgan fingerprint density at radius 3 is 2.83 bits per heavy atom. The molecule has 1 amide bonds. The van der Waals surface area contributed by atoms with Gasteiger partial charge < -0.3 is 10.0 Å². The highest BCUT2D eigenvalue weighted by atomic mass is 32.2. The third kappa shape index (κ3) is 2.40. The molecule has 0 aliphatic carbocycles. The molecule has 1 aliphatic heterocycles. The predicted octanol–water partition coefficient (Wildman–Crippen LogP) is 2.22. The van der Waals surface area contributed by atoms with Crippen LogP contribution >= 0.6 is 23.1 Å². The Morgan fingerprint density at radius 2 is 2.28 bits per heavy atom. The van der Waals surface area contributed by atoms with Crippen molar-refractivity contribution in [2.75, 3.05) is 11.6 Å². The molecule has 0 spiro atoms. The van der Waals surface area contributed by atoms with Crippen LogP contribution in [-0.4, -0.2) is 39.6 Å². The van der Waals surface area contributed by atoms with Crippen LogP contribution in [-0.2, 0) is 11.2 Å². The molecule has 1 aliphatic rings. The van der Waals surface area contributed by atoms with Gasteiger partial charge in [-0.3, -0.25) is 4.79 Å². The molecular formula is C12H15NO3S2. The van der Waals surface area contributed by atoms with Crippen molar-refractivity contribution < 1.29 is 14.7 Å². The summed E-state index contributed by atoms with van der Waals surface area (Å²) in [4.78, 5) is 26.7. The number of carboxylic acid groups (broad SMARTS) is 1. The van der Waals surface area contributed by atoms with Gasteiger partial charge in [-0.2, -0.15) is 0 Å². The molecule has 1 N–H and O–H groups in total. The average Bonchev–Trinajstić information content (AvgIpc) is 2.93. The number of nitrogens with zero attached hydrogens (tertiary/aromatic N) is 1. The van der Waals surface area contributed by atoms with E-state index in [0.717, 1.165) is 12.0 Å². The lowest BCUT2D eigenvalue weighted by molar-refractivity contribution is -0.140. The second-order valence-corrected chi connectivity index (χ2v) is 6.34. The van der Waals surface area contributed by atoms with E-state index >= 15 is 0 Å². The number of carbonyl (C=O) groups is 2. The number of thiophene rings is 1. The molecule has 0 unspecified atom stereocenters. The number of carboxylic acids is 1. The summed E-state index contributed by atoms with van der Waals surface area (Å²) in [5.41, 5.74) is 1.12. The summed E-state index contributed by atoms with van der Waals surface area (Å²) in [6, 6.07) is 1.18. The van der Waals surface area contributed by atoms with E-state index < -0.39 is 12.0 Å². The van der Waals surface area contributed by atoms with Gasteiger partial charge in [0.2, 0.25) is 0 Å². The van der Waals surface area contributed by atoms with Gasteiger partial charge >= 0.3 is 5.97 Å². The molecule has 1 atom stereocenters. The third-order valence-electron chi connectivity index (χ3n) is 2.98. The summed E-state index contributed by atoms with van der Waals surface area (Å²) < 4.78 is 0. The molecule has 1 aromatic heterocycles. The fourth-order valence-corrected chi connectivity index (χ4v) is 4.18. The van der Waals surface area contributed by atoms with Crippen LogP contribution in [0.15, 0.2) is 6.07 Å². The van der Waals surface area contributed by atoms with Crippen LogP contribution in [0.5, 0.6) is 0 Å². The van der Waals surface area contributed by atoms with Crippen molar-refractivity contribution in [2.45, 2.75) is 26.3 Å². The zero-order chi connectivity index (χ0) is 13.3. The van der Waals surface area contributed by atoms with E-state index in [9.17, 15) is 9.59 Å². The van der Waals surface area contributed by atoms with Crippen molar-refractivity contribution in [3.05, 3.63) is 21.4 Å². The van der Waals surface area contributed by atoms with Gasteiger partial charge in [-0.05, 0) is 25.0 Å². The van der Waals surface area contributed by atoms with Crippen molar-refractivity contribution in [1.82, 2.24) is 4.90 Å². The summed E-state index contributed by atoms with van der Waals surface area (Å²) in [5.74, 6) is -0.127. The molecule has 1 fully saturated rings. The van der Waals surface area contributed by atoms with E-state index in [-0.39, 0.29) is 5.91 Å². The Hall–Kier alpha value is -1.01. The molecule has 2 heterocycles. The van der Waals surface area contributed by atoms with Crippen LogP contribution in [0.4, 0.5) is 0 Å². The lowest BCUT2D eigenvalue weighted by Gasteiger charge is -2.19. The standard InChI is InChI=1S/C12H15NO3S2/c1-3-9-7(2)4-10(18-9)11(14)13-6-17-5-8(13)12(15)16/h4,8H,3,5-6H2,1-2H3,(H,15,16)/t8-/m0/s1. The highest BCUT2D eigenvalue weighted by molar-refractivity contribution is 7.99. The number of amides is 1. The van der Waals surface area contributed by atoms with Crippen molar-refractivity contribution in [3.8, 4) is 0 Å². The molecule has 4 nitrogen and oxygen atoms in total. The van der Waals surface area contributed by atoms with Gasteiger partial charge in [0.15, 0.2) is 0 Å². The zero-order valence-electron chi connectivity index (χ0n) is 10.3. The van der Waals surface area contributed by atoms with Gasteiger partial charge in [-0.1, -0.05) is 6.92 Å². The van der Waals surface area contributed by atoms with Crippen LogP contribution in [0.1, 0.15) is 27.0 Å². The van der Waals surface area contributed by atoms with Gasteiger partial charge in [0.25, 0.3) is 5.91 Å². The zero-order valence-corrected chi connectivity index (χ0v) is 11.9.